The van der Waals surface area contributed by atoms with Crippen LogP contribution in [0.25, 0.3) is 0 Å². The molecular weight excluding hydrogens is 354 g/mol. The van der Waals surface area contributed by atoms with Gasteiger partial charge in [0, 0.05) is 13.5 Å². The van der Waals surface area contributed by atoms with Crippen molar-refractivity contribution in [2.24, 2.45) is 0 Å². The summed E-state index contributed by atoms with van der Waals surface area (Å²) in [6, 6.07) is 18.0. The number of benzene rings is 2. The maximum Gasteiger partial charge on any atom is 0.119 e. The number of quaternary nitrogens is 1. The molecule has 1 aliphatic rings. The first-order valence-electron chi connectivity index (χ1n) is 9.91. The Morgan fingerprint density at radius 3 is 2.18 bits per heavy atom. The Morgan fingerprint density at radius 1 is 1.04 bits per heavy atom. The summed E-state index contributed by atoms with van der Waals surface area (Å²) in [5.74, 6) is -0.466. The van der Waals surface area contributed by atoms with E-state index in [1.54, 1.807) is 0 Å². The van der Waals surface area contributed by atoms with Crippen LogP contribution in [0.5, 0.6) is 5.75 Å². The number of methoxy groups -OCH3 is 1. The molecule has 2 aromatic carbocycles. The van der Waals surface area contributed by atoms with E-state index in [0.29, 0.717) is 6.61 Å². The first-order chi connectivity index (χ1) is 13.6. The molecule has 1 fully saturated rings. The molecule has 0 amide bonds. The number of rotatable bonds is 7. The van der Waals surface area contributed by atoms with Gasteiger partial charge in [0.25, 0.3) is 0 Å². The van der Waals surface area contributed by atoms with Crippen LogP contribution in [0.2, 0.25) is 0 Å². The van der Waals surface area contributed by atoms with Crippen LogP contribution >= 0.6 is 0 Å². The number of carbonyl (C=O) groups excluding carboxylic acids is 1. The molecule has 0 aromatic heterocycles. The average molecular weight is 386 g/mol. The fourth-order valence-corrected chi connectivity index (χ4v) is 3.13. The largest absolute Gasteiger partial charge is 0.547 e. The van der Waals surface area contributed by atoms with Crippen molar-refractivity contribution in [1.82, 2.24) is 0 Å². The average Bonchev–Trinajstić information content (AvgIpc) is 2.73. The van der Waals surface area contributed by atoms with Gasteiger partial charge in [-0.15, -0.1) is 0 Å². The van der Waals surface area contributed by atoms with Crippen LogP contribution in [-0.2, 0) is 22.6 Å². The summed E-state index contributed by atoms with van der Waals surface area (Å²) in [6.07, 6.45) is 6.40. The van der Waals surface area contributed by atoms with Crippen molar-refractivity contribution in [3.63, 3.8) is 0 Å². The van der Waals surface area contributed by atoms with E-state index in [2.05, 4.69) is 5.73 Å². The maximum atomic E-state index is 10.8. The van der Waals surface area contributed by atoms with E-state index in [0.717, 1.165) is 22.9 Å². The fourth-order valence-electron chi connectivity index (χ4n) is 3.13. The zero-order chi connectivity index (χ0) is 20.2. The first-order valence-corrected chi connectivity index (χ1v) is 9.91. The molecule has 3 N–H and O–H groups in total. The van der Waals surface area contributed by atoms with Gasteiger partial charge in [0.15, 0.2) is 0 Å². The third-order valence-corrected chi connectivity index (χ3v) is 4.86. The van der Waals surface area contributed by atoms with Gasteiger partial charge >= 0.3 is 0 Å². The smallest absolute Gasteiger partial charge is 0.119 e. The summed E-state index contributed by atoms with van der Waals surface area (Å²) in [5, 5.41) is 10.8. The Labute approximate surface area is 167 Å². The molecule has 5 heteroatoms. The molecule has 0 heterocycles. The lowest BCUT2D eigenvalue weighted by Gasteiger charge is -2.16. The Morgan fingerprint density at radius 2 is 1.68 bits per heavy atom. The van der Waals surface area contributed by atoms with Gasteiger partial charge in [-0.05, 0) is 48.9 Å². The number of aliphatic carboxylic acids is 1. The van der Waals surface area contributed by atoms with Crippen LogP contribution in [0, 0.1) is 0 Å². The normalized spacial score (nSPS) is 15.2. The van der Waals surface area contributed by atoms with E-state index >= 15 is 0 Å². The van der Waals surface area contributed by atoms with Crippen LogP contribution in [0.4, 0.5) is 0 Å². The molecule has 1 unspecified atom stereocenters. The van der Waals surface area contributed by atoms with E-state index in [4.69, 9.17) is 9.47 Å². The second-order valence-corrected chi connectivity index (χ2v) is 7.17. The van der Waals surface area contributed by atoms with Crippen molar-refractivity contribution in [3.8, 4) is 5.75 Å². The van der Waals surface area contributed by atoms with Gasteiger partial charge in [0.05, 0.1) is 12.0 Å². The molecule has 0 radical (unpaired) electrons. The van der Waals surface area contributed by atoms with Gasteiger partial charge in [0.1, 0.15) is 18.5 Å². The summed E-state index contributed by atoms with van der Waals surface area (Å²) < 4.78 is 10.5. The lowest BCUT2D eigenvalue weighted by molar-refractivity contribution is -0.425. The van der Waals surface area contributed by atoms with Crippen LogP contribution < -0.4 is 15.6 Å². The molecule has 0 spiro atoms. The molecule has 0 bridgehead atoms. The number of hydrogen-bond acceptors (Lipinski definition) is 4. The van der Waals surface area contributed by atoms with E-state index in [1.807, 2.05) is 54.6 Å². The highest BCUT2D eigenvalue weighted by Crippen LogP contribution is 2.16. The third kappa shape index (κ3) is 8.11. The van der Waals surface area contributed by atoms with Crippen LogP contribution in [0.3, 0.4) is 0 Å². The lowest BCUT2D eigenvalue weighted by Crippen LogP contribution is -2.61. The summed E-state index contributed by atoms with van der Waals surface area (Å²) >= 11 is 0. The van der Waals surface area contributed by atoms with E-state index in [9.17, 15) is 9.90 Å². The Bertz CT molecular complexity index is 682. The highest BCUT2D eigenvalue weighted by Gasteiger charge is 2.10. The van der Waals surface area contributed by atoms with Gasteiger partial charge < -0.3 is 25.1 Å². The standard InChI is InChI=1S/C17H18O4.C6H13N/c1-20-16(17(18)19)11-13-7-9-15(10-8-13)21-12-14-5-3-2-4-6-14;7-6-4-2-1-3-5-6/h2-10,16H,11-12H2,1H3,(H,18,19);6H,1-5,7H2. The van der Waals surface area contributed by atoms with Gasteiger partial charge in [-0.25, -0.2) is 0 Å². The highest BCUT2D eigenvalue weighted by atomic mass is 16.5. The third-order valence-electron chi connectivity index (χ3n) is 4.86. The SMILES string of the molecule is COC(Cc1ccc(OCc2ccccc2)cc1)C(=O)[O-].[NH3+]C1CCCCC1. The monoisotopic (exact) mass is 385 g/mol. The zero-order valence-corrected chi connectivity index (χ0v) is 16.6. The summed E-state index contributed by atoms with van der Waals surface area (Å²) in [7, 11) is 1.36. The molecule has 28 heavy (non-hydrogen) atoms. The fraction of sp³-hybridized carbons (Fsp3) is 0.435. The summed E-state index contributed by atoms with van der Waals surface area (Å²) in [4.78, 5) is 10.8. The minimum atomic E-state index is -1.21. The van der Waals surface area contributed by atoms with E-state index in [1.165, 1.54) is 39.2 Å². The van der Waals surface area contributed by atoms with Crippen molar-refractivity contribution in [2.45, 2.75) is 57.3 Å². The quantitative estimate of drug-likeness (QED) is 0.791. The maximum absolute atomic E-state index is 10.8. The molecule has 1 saturated carbocycles. The molecule has 0 aliphatic heterocycles. The van der Waals surface area contributed by atoms with Crippen LogP contribution in [0.1, 0.15) is 43.2 Å². The Hall–Kier alpha value is -2.37. The Kier molecular flexibility index (Phi) is 9.52. The zero-order valence-electron chi connectivity index (χ0n) is 16.6. The summed E-state index contributed by atoms with van der Waals surface area (Å²) in [5.41, 5.74) is 5.95. The number of hydrogen-bond donors (Lipinski definition) is 1. The van der Waals surface area contributed by atoms with Gasteiger partial charge in [-0.1, -0.05) is 48.9 Å². The molecule has 3 rings (SSSR count). The van der Waals surface area contributed by atoms with Gasteiger partial charge in [-0.2, -0.15) is 0 Å². The summed E-state index contributed by atoms with van der Waals surface area (Å²) in [6.45, 7) is 0.500. The number of carboxylic acids is 1. The molecule has 5 nitrogen and oxygen atoms in total. The van der Waals surface area contributed by atoms with Gasteiger partial charge in [0.2, 0.25) is 0 Å². The molecule has 1 aliphatic carbocycles. The van der Waals surface area contributed by atoms with Gasteiger partial charge in [-0.3, -0.25) is 0 Å². The predicted molar refractivity (Wildman–Crippen MR) is 106 cm³/mol. The number of carbonyl (C=O) groups is 1. The predicted octanol–water partition coefficient (Wildman–Crippen LogP) is 2.13. The lowest BCUT2D eigenvalue weighted by atomic mass is 9.97. The second-order valence-electron chi connectivity index (χ2n) is 7.17. The van der Waals surface area contributed by atoms with Crippen molar-refractivity contribution in [3.05, 3.63) is 65.7 Å². The molecule has 1 atom stereocenters. The molecule has 0 saturated heterocycles. The van der Waals surface area contributed by atoms with Crippen molar-refractivity contribution in [2.75, 3.05) is 7.11 Å². The van der Waals surface area contributed by atoms with E-state index < -0.39 is 12.1 Å². The minimum Gasteiger partial charge on any atom is -0.547 e. The molecule has 152 valence electrons. The molecule has 2 aromatic rings. The van der Waals surface area contributed by atoms with Crippen LogP contribution in [0.15, 0.2) is 54.6 Å². The Balaban J connectivity index is 0.000000336. The first kappa shape index (κ1) is 21.9. The number of ether oxygens (including phenoxy) is 2. The second kappa shape index (κ2) is 12.2. The van der Waals surface area contributed by atoms with Crippen molar-refractivity contribution >= 4 is 5.97 Å². The topological polar surface area (TPSA) is 86.2 Å². The van der Waals surface area contributed by atoms with Crippen LogP contribution in [-0.4, -0.2) is 25.2 Å². The highest BCUT2D eigenvalue weighted by molar-refractivity contribution is 5.70. The van der Waals surface area contributed by atoms with Crippen molar-refractivity contribution < 1.29 is 25.1 Å². The van der Waals surface area contributed by atoms with E-state index in [-0.39, 0.29) is 6.42 Å². The number of carboxylic acid groups (broad SMARTS) is 1. The molecular formula is C23H31NO4. The van der Waals surface area contributed by atoms with Crippen molar-refractivity contribution in [1.29, 1.82) is 0 Å². The minimum absolute atomic E-state index is 0.276.